The summed E-state index contributed by atoms with van der Waals surface area (Å²) in [6.07, 6.45) is 3.25. The number of benzene rings is 1. The van der Waals surface area contributed by atoms with Crippen LogP contribution in [0, 0.1) is 5.82 Å². The average Bonchev–Trinajstić information content (AvgIpc) is 3.24. The van der Waals surface area contributed by atoms with E-state index in [9.17, 15) is 4.39 Å². The molecule has 21 heavy (non-hydrogen) atoms. The van der Waals surface area contributed by atoms with Crippen LogP contribution in [0.1, 0.15) is 38.7 Å². The molecule has 1 aromatic carbocycles. The van der Waals surface area contributed by atoms with Crippen LogP contribution < -0.4 is 10.6 Å². The van der Waals surface area contributed by atoms with Crippen LogP contribution in [0.25, 0.3) is 0 Å². The molecular formula is C16H25FIN3. The summed E-state index contributed by atoms with van der Waals surface area (Å²) in [5.74, 6) is 0.665. The molecule has 1 unspecified atom stereocenters. The minimum Gasteiger partial charge on any atom is -0.356 e. The van der Waals surface area contributed by atoms with Gasteiger partial charge < -0.3 is 10.6 Å². The number of halogens is 2. The minimum absolute atomic E-state index is 0. The first-order valence-electron chi connectivity index (χ1n) is 7.33. The normalized spacial score (nSPS) is 17.6. The van der Waals surface area contributed by atoms with E-state index in [1.807, 2.05) is 6.07 Å². The molecule has 2 N–H and O–H groups in total. The number of guanidine groups is 1. The van der Waals surface area contributed by atoms with Crippen LogP contribution in [0.2, 0.25) is 0 Å². The molecule has 0 spiro atoms. The molecule has 1 aliphatic carbocycles. The van der Waals surface area contributed by atoms with Crippen LogP contribution in [0.3, 0.4) is 0 Å². The third kappa shape index (κ3) is 4.83. The summed E-state index contributed by atoms with van der Waals surface area (Å²) in [4.78, 5) is 4.24. The van der Waals surface area contributed by atoms with Gasteiger partial charge in [-0.25, -0.2) is 4.39 Å². The van der Waals surface area contributed by atoms with Crippen LogP contribution in [-0.2, 0) is 5.41 Å². The lowest BCUT2D eigenvalue weighted by atomic mass is 9.96. The van der Waals surface area contributed by atoms with Crippen LogP contribution in [-0.4, -0.2) is 25.6 Å². The van der Waals surface area contributed by atoms with Crippen molar-refractivity contribution in [3.05, 3.63) is 35.6 Å². The first kappa shape index (κ1) is 18.2. The molecule has 1 aromatic rings. The van der Waals surface area contributed by atoms with Gasteiger partial charge >= 0.3 is 0 Å². The third-order valence-corrected chi connectivity index (χ3v) is 4.10. The van der Waals surface area contributed by atoms with Crippen molar-refractivity contribution in [2.75, 3.05) is 13.6 Å². The summed E-state index contributed by atoms with van der Waals surface area (Å²) in [5, 5.41) is 6.72. The van der Waals surface area contributed by atoms with Crippen molar-refractivity contribution in [2.24, 2.45) is 4.99 Å². The Bertz CT molecular complexity index is 486. The lowest BCUT2D eigenvalue weighted by molar-refractivity contribution is 0.592. The molecule has 1 fully saturated rings. The number of rotatable bonds is 5. The van der Waals surface area contributed by atoms with Gasteiger partial charge in [0.15, 0.2) is 5.96 Å². The molecule has 5 heteroatoms. The van der Waals surface area contributed by atoms with Gasteiger partial charge in [-0.2, -0.15) is 0 Å². The van der Waals surface area contributed by atoms with Crippen molar-refractivity contribution in [3.8, 4) is 0 Å². The summed E-state index contributed by atoms with van der Waals surface area (Å²) in [6.45, 7) is 5.07. The zero-order valence-corrected chi connectivity index (χ0v) is 15.3. The fourth-order valence-electron chi connectivity index (χ4n) is 2.32. The van der Waals surface area contributed by atoms with Crippen molar-refractivity contribution in [1.29, 1.82) is 0 Å². The predicted molar refractivity (Wildman–Crippen MR) is 97.0 cm³/mol. The van der Waals surface area contributed by atoms with E-state index in [0.29, 0.717) is 6.04 Å². The van der Waals surface area contributed by atoms with Crippen molar-refractivity contribution in [1.82, 2.24) is 10.6 Å². The van der Waals surface area contributed by atoms with Crippen LogP contribution >= 0.6 is 24.0 Å². The molecule has 0 heterocycles. The quantitative estimate of drug-likeness (QED) is 0.448. The summed E-state index contributed by atoms with van der Waals surface area (Å²) in [6, 6.07) is 7.35. The van der Waals surface area contributed by atoms with Crippen LogP contribution in [0.15, 0.2) is 29.3 Å². The second-order valence-electron chi connectivity index (χ2n) is 5.67. The molecule has 0 aromatic heterocycles. The maximum absolute atomic E-state index is 13.4. The Kier molecular flexibility index (Phi) is 6.90. The van der Waals surface area contributed by atoms with Gasteiger partial charge in [-0.1, -0.05) is 19.1 Å². The highest BCUT2D eigenvalue weighted by atomic mass is 127. The molecule has 0 saturated heterocycles. The number of hydrogen-bond acceptors (Lipinski definition) is 1. The van der Waals surface area contributed by atoms with Gasteiger partial charge in [-0.3, -0.25) is 4.99 Å². The fraction of sp³-hybridized carbons (Fsp3) is 0.562. The molecule has 0 amide bonds. The first-order valence-corrected chi connectivity index (χ1v) is 7.33. The summed E-state index contributed by atoms with van der Waals surface area (Å²) in [7, 11) is 1.78. The molecule has 0 radical (unpaired) electrons. The van der Waals surface area contributed by atoms with E-state index >= 15 is 0 Å². The third-order valence-electron chi connectivity index (χ3n) is 4.10. The van der Waals surface area contributed by atoms with Gasteiger partial charge in [-0.05, 0) is 43.9 Å². The number of nitrogens with zero attached hydrogens (tertiary/aromatic N) is 1. The average molecular weight is 405 g/mol. The van der Waals surface area contributed by atoms with Gasteiger partial charge in [0.1, 0.15) is 5.82 Å². The minimum atomic E-state index is -0.157. The molecule has 3 nitrogen and oxygen atoms in total. The molecule has 1 aliphatic rings. The van der Waals surface area contributed by atoms with Gasteiger partial charge in [0, 0.05) is 25.0 Å². The lowest BCUT2D eigenvalue weighted by Crippen LogP contribution is -2.44. The van der Waals surface area contributed by atoms with Crippen molar-refractivity contribution >= 4 is 29.9 Å². The zero-order valence-electron chi connectivity index (χ0n) is 12.9. The van der Waals surface area contributed by atoms with Crippen molar-refractivity contribution in [3.63, 3.8) is 0 Å². The Hall–Kier alpha value is -0.850. The molecule has 2 rings (SSSR count). The SMILES string of the molecule is CCC(C)NC(=NC)NCC1(c2cccc(F)c2)CC1.I. The van der Waals surface area contributed by atoms with Crippen molar-refractivity contribution < 1.29 is 4.39 Å². The summed E-state index contributed by atoms with van der Waals surface area (Å²) >= 11 is 0. The highest BCUT2D eigenvalue weighted by Crippen LogP contribution is 2.47. The summed E-state index contributed by atoms with van der Waals surface area (Å²) < 4.78 is 13.4. The monoisotopic (exact) mass is 405 g/mol. The second kappa shape index (κ2) is 7.96. The standard InChI is InChI=1S/C16H24FN3.HI/c1-4-12(2)20-15(18-3)19-11-16(8-9-16)13-6-5-7-14(17)10-13;/h5-7,10,12H,4,8-9,11H2,1-3H3,(H2,18,19,20);1H. The molecule has 0 bridgehead atoms. The number of aliphatic imine (C=N–C) groups is 1. The Balaban J connectivity index is 0.00000220. The number of nitrogens with one attached hydrogen (secondary N) is 2. The Morgan fingerprint density at radius 1 is 1.43 bits per heavy atom. The summed E-state index contributed by atoms with van der Waals surface area (Å²) in [5.41, 5.74) is 1.17. The lowest BCUT2D eigenvalue weighted by Gasteiger charge is -2.21. The van der Waals surface area contributed by atoms with E-state index in [4.69, 9.17) is 0 Å². The maximum atomic E-state index is 13.4. The molecule has 118 valence electrons. The van der Waals surface area contributed by atoms with Gasteiger partial charge in [0.2, 0.25) is 0 Å². The molecule has 1 atom stereocenters. The molecule has 0 aliphatic heterocycles. The van der Waals surface area contributed by atoms with Gasteiger partial charge in [-0.15, -0.1) is 24.0 Å². The van der Waals surface area contributed by atoms with E-state index in [0.717, 1.165) is 37.3 Å². The van der Waals surface area contributed by atoms with Gasteiger partial charge in [0.05, 0.1) is 0 Å². The topological polar surface area (TPSA) is 36.4 Å². The largest absolute Gasteiger partial charge is 0.356 e. The Labute approximate surface area is 143 Å². The molecular weight excluding hydrogens is 380 g/mol. The number of hydrogen-bond donors (Lipinski definition) is 2. The van der Waals surface area contributed by atoms with Crippen molar-refractivity contribution in [2.45, 2.75) is 44.6 Å². The highest BCUT2D eigenvalue weighted by Gasteiger charge is 2.44. The Morgan fingerprint density at radius 2 is 2.14 bits per heavy atom. The fourth-order valence-corrected chi connectivity index (χ4v) is 2.32. The predicted octanol–water partition coefficient (Wildman–Crippen LogP) is 3.44. The van der Waals surface area contributed by atoms with Crippen LogP contribution in [0.5, 0.6) is 0 Å². The highest BCUT2D eigenvalue weighted by molar-refractivity contribution is 14.0. The maximum Gasteiger partial charge on any atom is 0.191 e. The van der Waals surface area contributed by atoms with E-state index in [2.05, 4.69) is 29.5 Å². The van der Waals surface area contributed by atoms with Crippen LogP contribution in [0.4, 0.5) is 4.39 Å². The van der Waals surface area contributed by atoms with Gasteiger partial charge in [0.25, 0.3) is 0 Å². The van der Waals surface area contributed by atoms with E-state index in [1.54, 1.807) is 19.2 Å². The smallest absolute Gasteiger partial charge is 0.191 e. The van der Waals surface area contributed by atoms with E-state index in [-0.39, 0.29) is 35.2 Å². The zero-order chi connectivity index (χ0) is 14.6. The second-order valence-corrected chi connectivity index (χ2v) is 5.67. The Morgan fingerprint density at radius 3 is 2.67 bits per heavy atom. The van der Waals surface area contributed by atoms with E-state index < -0.39 is 0 Å². The molecule has 1 saturated carbocycles. The van der Waals surface area contributed by atoms with E-state index in [1.165, 1.54) is 6.07 Å². The first-order chi connectivity index (χ1) is 9.59.